The van der Waals surface area contributed by atoms with Crippen LogP contribution in [-0.4, -0.2) is 25.6 Å². The summed E-state index contributed by atoms with van der Waals surface area (Å²) in [5, 5.41) is 2.60. The van der Waals surface area contributed by atoms with Crippen molar-refractivity contribution in [2.24, 2.45) is 0 Å². The van der Waals surface area contributed by atoms with Gasteiger partial charge in [0.1, 0.15) is 11.3 Å². The van der Waals surface area contributed by atoms with Crippen molar-refractivity contribution in [3.63, 3.8) is 0 Å². The lowest BCUT2D eigenvalue weighted by Crippen LogP contribution is -2.16. The molecule has 0 aromatic heterocycles. The van der Waals surface area contributed by atoms with Crippen LogP contribution in [0.5, 0.6) is 5.75 Å². The van der Waals surface area contributed by atoms with Crippen molar-refractivity contribution in [2.45, 2.75) is 6.61 Å². The van der Waals surface area contributed by atoms with Gasteiger partial charge in [-0.15, -0.1) is 0 Å². The summed E-state index contributed by atoms with van der Waals surface area (Å²) < 4.78 is 33.3. The Morgan fingerprint density at radius 3 is 2.54 bits per heavy atom. The Morgan fingerprint density at radius 1 is 1.17 bits per heavy atom. The molecule has 24 heavy (non-hydrogen) atoms. The van der Waals surface area contributed by atoms with Gasteiger partial charge in [-0.1, -0.05) is 23.7 Å². The first-order valence-corrected chi connectivity index (χ1v) is 7.03. The van der Waals surface area contributed by atoms with Crippen LogP contribution in [0.3, 0.4) is 0 Å². The summed E-state index contributed by atoms with van der Waals surface area (Å²) in [6, 6.07) is 9.74. The van der Waals surface area contributed by atoms with Gasteiger partial charge in [-0.25, -0.2) is 4.79 Å². The first-order chi connectivity index (χ1) is 11.4. The molecule has 0 radical (unpaired) electrons. The molecule has 2 aromatic carbocycles. The van der Waals surface area contributed by atoms with Gasteiger partial charge in [-0.2, -0.15) is 8.78 Å². The third-order valence-corrected chi connectivity index (χ3v) is 3.29. The fraction of sp³-hybridized carbons (Fsp3) is 0.125. The monoisotopic (exact) mass is 355 g/mol. The minimum atomic E-state index is -3.00. The van der Waals surface area contributed by atoms with Crippen LogP contribution in [0.1, 0.15) is 20.7 Å². The van der Waals surface area contributed by atoms with Gasteiger partial charge in [0.15, 0.2) is 0 Å². The highest BCUT2D eigenvalue weighted by Crippen LogP contribution is 2.26. The molecule has 126 valence electrons. The van der Waals surface area contributed by atoms with E-state index in [1.54, 1.807) is 6.07 Å². The number of rotatable bonds is 5. The largest absolute Gasteiger partial charge is 0.465 e. The van der Waals surface area contributed by atoms with Gasteiger partial charge in [0.2, 0.25) is 0 Å². The van der Waals surface area contributed by atoms with E-state index in [2.05, 4.69) is 14.8 Å². The van der Waals surface area contributed by atoms with Gasteiger partial charge in [0.25, 0.3) is 5.91 Å². The molecule has 0 saturated heterocycles. The Labute approximate surface area is 141 Å². The SMILES string of the molecule is COC(=O)c1c(Cl)cccc1NC(=O)c1cccc(OC(F)F)c1. The van der Waals surface area contributed by atoms with Crippen LogP contribution in [0, 0.1) is 0 Å². The Morgan fingerprint density at radius 2 is 1.88 bits per heavy atom. The van der Waals surface area contributed by atoms with Crippen molar-refractivity contribution in [1.29, 1.82) is 0 Å². The van der Waals surface area contributed by atoms with Crippen LogP contribution in [0.2, 0.25) is 5.02 Å². The van der Waals surface area contributed by atoms with Crippen molar-refractivity contribution in [2.75, 3.05) is 12.4 Å². The molecule has 0 atom stereocenters. The van der Waals surface area contributed by atoms with Crippen LogP contribution in [-0.2, 0) is 4.74 Å². The highest BCUT2D eigenvalue weighted by atomic mass is 35.5. The number of nitrogens with one attached hydrogen (secondary N) is 1. The second kappa shape index (κ2) is 7.74. The zero-order valence-electron chi connectivity index (χ0n) is 12.4. The van der Waals surface area contributed by atoms with Gasteiger partial charge >= 0.3 is 12.6 Å². The van der Waals surface area contributed by atoms with E-state index in [1.165, 1.54) is 37.4 Å². The highest BCUT2D eigenvalue weighted by Gasteiger charge is 2.18. The van der Waals surface area contributed by atoms with E-state index in [0.29, 0.717) is 0 Å². The molecule has 0 fully saturated rings. The first kappa shape index (κ1) is 17.7. The summed E-state index contributed by atoms with van der Waals surface area (Å²) in [7, 11) is 1.18. The standard InChI is InChI=1S/C16H12ClF2NO4/c1-23-15(22)13-11(17)6-3-7-12(13)20-14(21)9-4-2-5-10(8-9)24-16(18)19/h2-8,16H,1H3,(H,20,21). The lowest BCUT2D eigenvalue weighted by atomic mass is 10.1. The van der Waals surface area contributed by atoms with Crippen molar-refractivity contribution >= 4 is 29.2 Å². The average molecular weight is 356 g/mol. The molecule has 1 N–H and O–H groups in total. The smallest absolute Gasteiger partial charge is 0.387 e. The topological polar surface area (TPSA) is 64.6 Å². The molecule has 5 nitrogen and oxygen atoms in total. The molecule has 0 bridgehead atoms. The summed E-state index contributed by atoms with van der Waals surface area (Å²) in [6.45, 7) is -3.00. The van der Waals surface area contributed by atoms with E-state index in [9.17, 15) is 18.4 Å². The van der Waals surface area contributed by atoms with Gasteiger partial charge in [-0.05, 0) is 30.3 Å². The first-order valence-electron chi connectivity index (χ1n) is 6.65. The number of anilines is 1. The maximum atomic E-state index is 12.3. The summed E-state index contributed by atoms with van der Waals surface area (Å²) in [5.41, 5.74) is 0.207. The number of hydrogen-bond donors (Lipinski definition) is 1. The van der Waals surface area contributed by atoms with E-state index in [-0.39, 0.29) is 27.6 Å². The average Bonchev–Trinajstić information content (AvgIpc) is 2.54. The Hall–Kier alpha value is -2.67. The van der Waals surface area contributed by atoms with Crippen LogP contribution in [0.15, 0.2) is 42.5 Å². The van der Waals surface area contributed by atoms with E-state index in [0.717, 1.165) is 6.07 Å². The number of carbonyl (C=O) groups is 2. The van der Waals surface area contributed by atoms with Gasteiger partial charge in [0, 0.05) is 5.56 Å². The van der Waals surface area contributed by atoms with Gasteiger partial charge in [-0.3, -0.25) is 4.79 Å². The van der Waals surface area contributed by atoms with Crippen molar-refractivity contribution in [1.82, 2.24) is 0 Å². The number of ether oxygens (including phenoxy) is 2. The highest BCUT2D eigenvalue weighted by molar-refractivity contribution is 6.34. The lowest BCUT2D eigenvalue weighted by molar-refractivity contribution is -0.0498. The quantitative estimate of drug-likeness (QED) is 0.824. The molecule has 1 amide bonds. The molecule has 8 heteroatoms. The van der Waals surface area contributed by atoms with Gasteiger partial charge in [0.05, 0.1) is 17.8 Å². The Kier molecular flexibility index (Phi) is 5.70. The molecular weight excluding hydrogens is 344 g/mol. The number of benzene rings is 2. The number of esters is 1. The Bertz CT molecular complexity index is 767. The molecule has 2 aromatic rings. The molecule has 0 aliphatic rings. The van der Waals surface area contributed by atoms with E-state index in [1.807, 2.05) is 0 Å². The van der Waals surface area contributed by atoms with Crippen LogP contribution >= 0.6 is 11.6 Å². The molecule has 0 heterocycles. The second-order valence-electron chi connectivity index (χ2n) is 4.51. The molecular formula is C16H12ClF2NO4. The molecule has 0 unspecified atom stereocenters. The number of methoxy groups -OCH3 is 1. The van der Waals surface area contributed by atoms with Crippen LogP contribution in [0.25, 0.3) is 0 Å². The second-order valence-corrected chi connectivity index (χ2v) is 4.92. The minimum Gasteiger partial charge on any atom is -0.465 e. The number of alkyl halides is 2. The molecule has 0 aliphatic carbocycles. The maximum Gasteiger partial charge on any atom is 0.387 e. The minimum absolute atomic E-state index is 0.00463. The predicted molar refractivity (Wildman–Crippen MR) is 83.8 cm³/mol. The van der Waals surface area contributed by atoms with E-state index in [4.69, 9.17) is 11.6 Å². The number of hydrogen-bond acceptors (Lipinski definition) is 4. The summed E-state index contributed by atoms with van der Waals surface area (Å²) in [6.07, 6.45) is 0. The summed E-state index contributed by atoms with van der Waals surface area (Å²) in [4.78, 5) is 24.1. The van der Waals surface area contributed by atoms with E-state index >= 15 is 0 Å². The van der Waals surface area contributed by atoms with Crippen LogP contribution < -0.4 is 10.1 Å². The fourth-order valence-electron chi connectivity index (χ4n) is 1.95. The zero-order chi connectivity index (χ0) is 17.7. The lowest BCUT2D eigenvalue weighted by Gasteiger charge is -2.12. The third-order valence-electron chi connectivity index (χ3n) is 2.97. The van der Waals surface area contributed by atoms with Crippen molar-refractivity contribution < 1.29 is 27.8 Å². The number of halogens is 3. The molecule has 2 rings (SSSR count). The zero-order valence-corrected chi connectivity index (χ0v) is 13.1. The molecule has 0 saturated carbocycles. The third kappa shape index (κ3) is 4.20. The summed E-state index contributed by atoms with van der Waals surface area (Å²) in [5.74, 6) is -1.50. The predicted octanol–water partition coefficient (Wildman–Crippen LogP) is 3.98. The number of amides is 1. The van der Waals surface area contributed by atoms with Gasteiger partial charge < -0.3 is 14.8 Å². The number of carbonyl (C=O) groups excluding carboxylic acids is 2. The van der Waals surface area contributed by atoms with E-state index < -0.39 is 18.5 Å². The van der Waals surface area contributed by atoms with Crippen molar-refractivity contribution in [3.05, 3.63) is 58.6 Å². The maximum absolute atomic E-state index is 12.3. The molecule has 0 spiro atoms. The van der Waals surface area contributed by atoms with Crippen molar-refractivity contribution in [3.8, 4) is 5.75 Å². The van der Waals surface area contributed by atoms with Crippen LogP contribution in [0.4, 0.5) is 14.5 Å². The molecule has 0 aliphatic heterocycles. The summed E-state index contributed by atoms with van der Waals surface area (Å²) >= 11 is 5.96. The Balaban J connectivity index is 2.27. The fourth-order valence-corrected chi connectivity index (χ4v) is 2.20. The normalized spacial score (nSPS) is 10.4.